The quantitative estimate of drug-likeness (QED) is 0.674. The van der Waals surface area contributed by atoms with E-state index in [4.69, 9.17) is 17.0 Å². The van der Waals surface area contributed by atoms with Crippen LogP contribution in [0.5, 0.6) is 0 Å². The van der Waals surface area contributed by atoms with Gasteiger partial charge in [0.25, 0.3) is 0 Å². The number of hydrogen-bond acceptors (Lipinski definition) is 2. The maximum Gasteiger partial charge on any atom is 0.103 e. The maximum absolute atomic E-state index is 9.55. The molecule has 1 N–H and O–H groups in total. The summed E-state index contributed by atoms with van der Waals surface area (Å²) >= 11 is 6.42. The summed E-state index contributed by atoms with van der Waals surface area (Å²) in [7, 11) is 0. The number of nitrogens with zero attached hydrogens (tertiary/aromatic N) is 1. The van der Waals surface area contributed by atoms with Crippen molar-refractivity contribution in [1.29, 1.82) is 10.7 Å². The highest BCUT2D eigenvalue weighted by atomic mass is 35.5. The van der Waals surface area contributed by atoms with Crippen LogP contribution < -0.4 is 0 Å². The van der Waals surface area contributed by atoms with Gasteiger partial charge in [-0.3, -0.25) is 0 Å². The van der Waals surface area contributed by atoms with Gasteiger partial charge in [0.05, 0.1) is 6.07 Å². The van der Waals surface area contributed by atoms with Gasteiger partial charge in [0, 0.05) is 10.7 Å². The maximum atomic E-state index is 9.55. The first-order chi connectivity index (χ1) is 9.23. The van der Waals surface area contributed by atoms with Crippen LogP contribution in [-0.2, 0) is 0 Å². The lowest BCUT2D eigenvalue weighted by Crippen LogP contribution is -2.24. The van der Waals surface area contributed by atoms with E-state index >= 15 is 0 Å². The van der Waals surface area contributed by atoms with Crippen molar-refractivity contribution in [1.82, 2.24) is 0 Å². The molecule has 0 bridgehead atoms. The van der Waals surface area contributed by atoms with Crippen molar-refractivity contribution in [2.75, 3.05) is 0 Å². The Morgan fingerprint density at radius 2 is 2.05 bits per heavy atom. The van der Waals surface area contributed by atoms with E-state index in [-0.39, 0.29) is 11.3 Å². The topological polar surface area (TPSA) is 47.6 Å². The average molecular weight is 293 g/mol. The van der Waals surface area contributed by atoms with Gasteiger partial charge < -0.3 is 5.41 Å². The molecule has 0 radical (unpaired) electrons. The minimum absolute atomic E-state index is 0.205. The minimum Gasteiger partial charge on any atom is -0.305 e. The van der Waals surface area contributed by atoms with Gasteiger partial charge in [0.2, 0.25) is 0 Å². The standard InChI is InChI=1S/C17H25ClN2/c1-6-11(2)16(18)15(10-19)13-7-8-17(4,5)9-14(13)12(3)20/h15,20H,6-9H2,1-5H3. The Bertz CT molecular complexity index is 504. The lowest BCUT2D eigenvalue weighted by atomic mass is 9.70. The summed E-state index contributed by atoms with van der Waals surface area (Å²) in [6.07, 6.45) is 3.64. The molecule has 1 atom stereocenters. The van der Waals surface area contributed by atoms with Crippen molar-refractivity contribution in [2.24, 2.45) is 11.3 Å². The molecule has 0 spiro atoms. The molecule has 0 saturated heterocycles. The fourth-order valence-electron chi connectivity index (χ4n) is 2.70. The number of nitrogens with one attached hydrogen (secondary N) is 1. The molecule has 110 valence electrons. The first-order valence-corrected chi connectivity index (χ1v) is 7.63. The van der Waals surface area contributed by atoms with E-state index in [1.54, 1.807) is 0 Å². The third-order valence-electron chi connectivity index (χ3n) is 4.24. The van der Waals surface area contributed by atoms with Crippen LogP contribution in [0.25, 0.3) is 0 Å². The van der Waals surface area contributed by atoms with E-state index in [0.717, 1.165) is 42.4 Å². The van der Waals surface area contributed by atoms with E-state index in [1.165, 1.54) is 0 Å². The SMILES string of the molecule is CCC(C)=C(Cl)C(C#N)C1=C(C(C)=N)CC(C)(C)CC1. The Morgan fingerprint density at radius 1 is 1.45 bits per heavy atom. The number of rotatable bonds is 4. The summed E-state index contributed by atoms with van der Waals surface area (Å²) in [6, 6.07) is 2.35. The summed E-state index contributed by atoms with van der Waals surface area (Å²) in [5.74, 6) is -0.372. The second kappa shape index (κ2) is 6.59. The van der Waals surface area contributed by atoms with Crippen LogP contribution in [-0.4, -0.2) is 5.71 Å². The van der Waals surface area contributed by atoms with Crippen LogP contribution in [0.15, 0.2) is 21.8 Å². The predicted octanol–water partition coefficient (Wildman–Crippen LogP) is 5.60. The van der Waals surface area contributed by atoms with Crippen LogP contribution in [0.2, 0.25) is 0 Å². The van der Waals surface area contributed by atoms with Crippen molar-refractivity contribution in [2.45, 2.75) is 60.3 Å². The molecule has 1 unspecified atom stereocenters. The van der Waals surface area contributed by atoms with Crippen LogP contribution in [0.3, 0.4) is 0 Å². The molecule has 0 amide bonds. The van der Waals surface area contributed by atoms with Crippen molar-refractivity contribution < 1.29 is 0 Å². The summed E-state index contributed by atoms with van der Waals surface area (Å²) in [5.41, 5.74) is 3.95. The van der Waals surface area contributed by atoms with Gasteiger partial charge >= 0.3 is 0 Å². The zero-order valence-corrected chi connectivity index (χ0v) is 14.0. The fraction of sp³-hybridized carbons (Fsp3) is 0.647. The van der Waals surface area contributed by atoms with Crippen molar-refractivity contribution in [3.8, 4) is 6.07 Å². The molecule has 0 aromatic rings. The van der Waals surface area contributed by atoms with Crippen LogP contribution in [0, 0.1) is 28.1 Å². The molecule has 1 rings (SSSR count). The number of allylic oxidation sites excluding steroid dienone is 4. The Labute approximate surface area is 128 Å². The third kappa shape index (κ3) is 3.73. The highest BCUT2D eigenvalue weighted by molar-refractivity contribution is 6.30. The zero-order valence-electron chi connectivity index (χ0n) is 13.2. The van der Waals surface area contributed by atoms with Crippen molar-refractivity contribution in [3.05, 3.63) is 21.8 Å². The van der Waals surface area contributed by atoms with Gasteiger partial charge in [0.15, 0.2) is 0 Å². The Morgan fingerprint density at radius 3 is 2.50 bits per heavy atom. The monoisotopic (exact) mass is 292 g/mol. The van der Waals surface area contributed by atoms with Crippen LogP contribution in [0.4, 0.5) is 0 Å². The van der Waals surface area contributed by atoms with E-state index < -0.39 is 0 Å². The highest BCUT2D eigenvalue weighted by Gasteiger charge is 2.32. The molecule has 0 aromatic heterocycles. The normalized spacial score (nSPS) is 21.1. The highest BCUT2D eigenvalue weighted by Crippen LogP contribution is 2.43. The van der Waals surface area contributed by atoms with Crippen molar-refractivity contribution in [3.63, 3.8) is 0 Å². The summed E-state index contributed by atoms with van der Waals surface area (Å²) in [5, 5.41) is 18.2. The van der Waals surface area contributed by atoms with Gasteiger partial charge in [-0.25, -0.2) is 0 Å². The third-order valence-corrected chi connectivity index (χ3v) is 4.78. The Kier molecular flexibility index (Phi) is 5.59. The molecule has 1 aliphatic rings. The smallest absolute Gasteiger partial charge is 0.103 e. The van der Waals surface area contributed by atoms with Crippen LogP contribution >= 0.6 is 11.6 Å². The molecular weight excluding hydrogens is 268 g/mol. The molecular formula is C17H25ClN2. The van der Waals surface area contributed by atoms with Gasteiger partial charge in [-0.15, -0.1) is 0 Å². The van der Waals surface area contributed by atoms with E-state index in [0.29, 0.717) is 10.7 Å². The summed E-state index contributed by atoms with van der Waals surface area (Å²) in [6.45, 7) is 10.3. The predicted molar refractivity (Wildman–Crippen MR) is 86.0 cm³/mol. The molecule has 20 heavy (non-hydrogen) atoms. The second-order valence-electron chi connectivity index (χ2n) is 6.51. The van der Waals surface area contributed by atoms with Crippen LogP contribution in [0.1, 0.15) is 60.3 Å². The Hall–Kier alpha value is -1.07. The lowest BCUT2D eigenvalue weighted by molar-refractivity contribution is 0.315. The number of halogens is 1. The second-order valence-corrected chi connectivity index (χ2v) is 6.92. The summed E-state index contributed by atoms with van der Waals surface area (Å²) in [4.78, 5) is 0. The molecule has 2 nitrogen and oxygen atoms in total. The van der Waals surface area contributed by atoms with E-state index in [2.05, 4.69) is 19.9 Å². The number of nitriles is 1. The molecule has 0 fully saturated rings. The van der Waals surface area contributed by atoms with Gasteiger partial charge in [-0.2, -0.15) is 5.26 Å². The van der Waals surface area contributed by atoms with Crippen molar-refractivity contribution >= 4 is 17.3 Å². The minimum atomic E-state index is -0.372. The largest absolute Gasteiger partial charge is 0.305 e. The first-order valence-electron chi connectivity index (χ1n) is 7.25. The lowest BCUT2D eigenvalue weighted by Gasteiger charge is -2.34. The number of hydrogen-bond donors (Lipinski definition) is 1. The first kappa shape index (κ1) is 17.0. The van der Waals surface area contributed by atoms with Gasteiger partial charge in [-0.1, -0.05) is 37.9 Å². The molecule has 0 saturated carbocycles. The van der Waals surface area contributed by atoms with Gasteiger partial charge in [-0.05, 0) is 56.1 Å². The van der Waals surface area contributed by atoms with E-state index in [1.807, 2.05) is 20.8 Å². The van der Waals surface area contributed by atoms with E-state index in [9.17, 15) is 5.26 Å². The molecule has 3 heteroatoms. The van der Waals surface area contributed by atoms with Gasteiger partial charge in [0.1, 0.15) is 5.92 Å². The Balaban J connectivity index is 3.32. The molecule has 0 aromatic carbocycles. The molecule has 0 heterocycles. The summed E-state index contributed by atoms with van der Waals surface area (Å²) < 4.78 is 0. The molecule has 1 aliphatic carbocycles. The zero-order chi connectivity index (χ0) is 15.5. The molecule has 0 aliphatic heterocycles. The fourth-order valence-corrected chi connectivity index (χ4v) is 3.01. The average Bonchev–Trinajstić information content (AvgIpc) is 2.39.